The van der Waals surface area contributed by atoms with Crippen molar-refractivity contribution < 1.29 is 44.4 Å². The van der Waals surface area contributed by atoms with Crippen molar-refractivity contribution in [2.24, 2.45) is 14.1 Å². The second kappa shape index (κ2) is 17.8. The van der Waals surface area contributed by atoms with Crippen LogP contribution in [-0.4, -0.2) is 78.9 Å². The number of hydrogen-bond donors (Lipinski definition) is 0. The summed E-state index contributed by atoms with van der Waals surface area (Å²) < 4.78 is 4.06. The van der Waals surface area contributed by atoms with E-state index in [1.54, 1.807) is 38.0 Å². The van der Waals surface area contributed by atoms with E-state index in [1.165, 1.54) is 48.2 Å². The van der Waals surface area contributed by atoms with Gasteiger partial charge in [0.05, 0.1) is 25.2 Å². The van der Waals surface area contributed by atoms with Gasteiger partial charge in [-0.3, -0.25) is 28.7 Å². The van der Waals surface area contributed by atoms with Gasteiger partial charge in [0.1, 0.15) is 21.8 Å². The third kappa shape index (κ3) is 7.94. The highest BCUT2D eigenvalue weighted by Crippen LogP contribution is 2.34. The number of pyridine rings is 2. The Morgan fingerprint density at radius 2 is 0.984 bits per heavy atom. The van der Waals surface area contributed by atoms with Gasteiger partial charge >= 0.3 is 0 Å². The van der Waals surface area contributed by atoms with Crippen molar-refractivity contribution in [3.05, 3.63) is 105 Å². The molecule has 16 heteroatoms. The largest absolute Gasteiger partial charge is 1.00 e. The predicted molar refractivity (Wildman–Crippen MR) is 235 cm³/mol. The highest BCUT2D eigenvalue weighted by atomic mass is 35.5. The molecule has 320 valence electrons. The molecule has 62 heavy (non-hydrogen) atoms. The fraction of sp³-hybridized carbons (Fsp3) is 0.304. The van der Waals surface area contributed by atoms with Crippen LogP contribution in [0.5, 0.6) is 0 Å². The van der Waals surface area contributed by atoms with Gasteiger partial charge in [0.25, 0.3) is 23.5 Å². The SMILES string of the molecule is CN(C)C(=O)c1nc(-c2cnc3c(c2)CCCC3)[nH+]c2c1c1ccc(Cl)cc1n2C.CN(C)C(=O)c1nc(-c2cnc3c(c2)CCCC3)[nH+]c2c1c1ccc(Cl)cc1n2C.[Cl-].[Cl-]. The first-order valence-electron chi connectivity index (χ1n) is 20.3. The molecule has 0 bridgehead atoms. The van der Waals surface area contributed by atoms with Gasteiger partial charge < -0.3 is 34.6 Å². The van der Waals surface area contributed by atoms with E-state index in [0.717, 1.165) is 80.7 Å². The van der Waals surface area contributed by atoms with Crippen LogP contribution in [0.4, 0.5) is 0 Å². The number of aromatic nitrogens is 8. The minimum Gasteiger partial charge on any atom is -1.00 e. The van der Waals surface area contributed by atoms with Crippen molar-refractivity contribution >= 4 is 78.9 Å². The first-order chi connectivity index (χ1) is 28.9. The Labute approximate surface area is 381 Å². The third-order valence-electron chi connectivity index (χ3n) is 11.8. The number of amides is 2. The molecule has 0 radical (unpaired) electrons. The molecule has 0 spiro atoms. The first-order valence-corrected chi connectivity index (χ1v) is 21.0. The summed E-state index contributed by atoms with van der Waals surface area (Å²) in [5.41, 5.74) is 11.1. The lowest BCUT2D eigenvalue weighted by Gasteiger charge is -2.14. The Bertz CT molecular complexity index is 2860. The molecule has 2 N–H and O–H groups in total. The molecule has 0 saturated heterocycles. The van der Waals surface area contributed by atoms with Crippen LogP contribution < -0.4 is 34.8 Å². The van der Waals surface area contributed by atoms with Crippen LogP contribution in [0.1, 0.15) is 69.2 Å². The molecule has 8 aromatic rings. The lowest BCUT2D eigenvalue weighted by molar-refractivity contribution is -0.340. The number of nitrogens with zero attached hydrogens (tertiary/aromatic N) is 8. The maximum absolute atomic E-state index is 13.1. The highest BCUT2D eigenvalue weighted by Gasteiger charge is 2.30. The first kappa shape index (κ1) is 44.6. The van der Waals surface area contributed by atoms with E-state index in [1.807, 2.05) is 72.0 Å². The fourth-order valence-corrected chi connectivity index (χ4v) is 8.98. The number of nitrogens with one attached hydrogen (secondary N) is 2. The molecule has 6 heterocycles. The van der Waals surface area contributed by atoms with Crippen molar-refractivity contribution in [2.75, 3.05) is 28.2 Å². The maximum Gasteiger partial charge on any atom is 0.289 e. The standard InChI is InChI=1S/2C23H22ClN5O.2ClH/c2*1-28(2)23(30)20-19-16-9-8-15(24)11-18(16)29(3)22(19)27-21(26-20)14-10-13-6-4-5-7-17(13)25-12-14;;/h2*8-12H,4-7H2,1-3H3;2*1H. The van der Waals surface area contributed by atoms with Crippen molar-refractivity contribution in [3.63, 3.8) is 0 Å². The number of halogens is 4. The quantitative estimate of drug-likeness (QED) is 0.265. The van der Waals surface area contributed by atoms with Crippen LogP contribution in [0.25, 0.3) is 66.6 Å². The molecule has 0 saturated carbocycles. The van der Waals surface area contributed by atoms with Gasteiger partial charge in [-0.2, -0.15) is 0 Å². The van der Waals surface area contributed by atoms with Crippen LogP contribution in [0, 0.1) is 0 Å². The number of rotatable bonds is 4. The zero-order valence-corrected chi connectivity index (χ0v) is 38.4. The van der Waals surface area contributed by atoms with E-state index < -0.39 is 0 Å². The molecule has 6 aromatic heterocycles. The zero-order valence-electron chi connectivity index (χ0n) is 35.3. The Morgan fingerprint density at radius 3 is 1.37 bits per heavy atom. The van der Waals surface area contributed by atoms with Gasteiger partial charge in [-0.25, -0.2) is 9.97 Å². The van der Waals surface area contributed by atoms with Gasteiger partial charge in [0, 0.05) is 72.8 Å². The average Bonchev–Trinajstić information content (AvgIpc) is 3.70. The topological polar surface area (TPSA) is 130 Å². The predicted octanol–water partition coefficient (Wildman–Crippen LogP) is 1.68. The number of fused-ring (bicyclic) bond motifs is 8. The molecule has 2 amide bonds. The van der Waals surface area contributed by atoms with Crippen LogP contribution in [0.15, 0.2) is 60.9 Å². The number of carbonyl (C=O) groups excluding carboxylic acids is 2. The summed E-state index contributed by atoms with van der Waals surface area (Å²) in [7, 11) is 10.9. The van der Waals surface area contributed by atoms with E-state index in [2.05, 4.69) is 32.1 Å². The van der Waals surface area contributed by atoms with Crippen molar-refractivity contribution in [2.45, 2.75) is 51.4 Å². The summed E-state index contributed by atoms with van der Waals surface area (Å²) in [6.45, 7) is 0. The molecule has 2 aliphatic rings. The number of aryl methyl sites for hydroxylation is 6. The number of carbonyl (C=O) groups is 2. The maximum atomic E-state index is 13.1. The van der Waals surface area contributed by atoms with E-state index in [-0.39, 0.29) is 36.6 Å². The molecule has 12 nitrogen and oxygen atoms in total. The lowest BCUT2D eigenvalue weighted by Crippen LogP contribution is -3.00. The summed E-state index contributed by atoms with van der Waals surface area (Å²) in [4.78, 5) is 55.2. The van der Waals surface area contributed by atoms with Gasteiger partial charge in [0.2, 0.25) is 22.7 Å². The Kier molecular flexibility index (Phi) is 12.8. The Morgan fingerprint density at radius 1 is 0.597 bits per heavy atom. The van der Waals surface area contributed by atoms with Crippen LogP contribution >= 0.6 is 23.2 Å². The number of benzene rings is 2. The molecular weight excluding hydrogens is 866 g/mol. The van der Waals surface area contributed by atoms with Gasteiger partial charge in [-0.05, 0) is 111 Å². The summed E-state index contributed by atoms with van der Waals surface area (Å²) in [6.07, 6.45) is 12.6. The minimum atomic E-state index is -0.136. The summed E-state index contributed by atoms with van der Waals surface area (Å²) in [5, 5.41) is 4.80. The van der Waals surface area contributed by atoms with Gasteiger partial charge in [-0.1, -0.05) is 33.2 Å². The average molecular weight is 913 g/mol. The summed E-state index contributed by atoms with van der Waals surface area (Å²) in [6, 6.07) is 15.7. The molecule has 0 fully saturated rings. The Hall–Kier alpha value is -5.40. The molecule has 2 aliphatic carbocycles. The van der Waals surface area contributed by atoms with Crippen molar-refractivity contribution in [3.8, 4) is 22.8 Å². The number of hydrogen-bond acceptors (Lipinski definition) is 6. The Balaban J connectivity index is 0.000000181. The molecule has 0 aliphatic heterocycles. The van der Waals surface area contributed by atoms with Crippen molar-refractivity contribution in [1.82, 2.24) is 38.9 Å². The molecule has 0 atom stereocenters. The fourth-order valence-electron chi connectivity index (χ4n) is 8.65. The zero-order chi connectivity index (χ0) is 42.0. The number of H-pyrrole nitrogens is 2. The number of aromatic amines is 2. The van der Waals surface area contributed by atoms with E-state index >= 15 is 0 Å². The minimum absolute atomic E-state index is 0. The normalized spacial score (nSPS) is 13.2. The van der Waals surface area contributed by atoms with E-state index in [9.17, 15) is 9.59 Å². The summed E-state index contributed by atoms with van der Waals surface area (Å²) in [5.74, 6) is 1.02. The van der Waals surface area contributed by atoms with Crippen molar-refractivity contribution in [1.29, 1.82) is 0 Å². The van der Waals surface area contributed by atoms with Crippen LogP contribution in [-0.2, 0) is 39.8 Å². The van der Waals surface area contributed by atoms with Gasteiger partial charge in [0.15, 0.2) is 0 Å². The molecule has 0 unspecified atom stereocenters. The molecule has 2 aromatic carbocycles. The smallest absolute Gasteiger partial charge is 0.289 e. The highest BCUT2D eigenvalue weighted by molar-refractivity contribution is 6.32. The second-order valence-electron chi connectivity index (χ2n) is 16.2. The van der Waals surface area contributed by atoms with E-state index in [0.29, 0.717) is 33.1 Å². The van der Waals surface area contributed by atoms with E-state index in [4.69, 9.17) is 33.2 Å². The van der Waals surface area contributed by atoms with Crippen LogP contribution in [0.3, 0.4) is 0 Å². The van der Waals surface area contributed by atoms with Crippen LogP contribution in [0.2, 0.25) is 10.0 Å². The van der Waals surface area contributed by atoms with Gasteiger partial charge in [-0.15, -0.1) is 0 Å². The monoisotopic (exact) mass is 910 g/mol. The molecular formula is C46H46Cl4N10O2. The second-order valence-corrected chi connectivity index (χ2v) is 17.1. The third-order valence-corrected chi connectivity index (χ3v) is 12.3. The molecule has 10 rings (SSSR count). The summed E-state index contributed by atoms with van der Waals surface area (Å²) >= 11 is 12.5. The lowest BCUT2D eigenvalue weighted by atomic mass is 9.95.